The highest BCUT2D eigenvalue weighted by molar-refractivity contribution is 5.86. The second kappa shape index (κ2) is 64.2. The van der Waals surface area contributed by atoms with E-state index in [4.69, 9.17) is 61.6 Å². The van der Waals surface area contributed by atoms with E-state index in [0.29, 0.717) is 84.0 Å². The molecule has 0 aromatic carbocycles. The van der Waals surface area contributed by atoms with E-state index in [1.165, 1.54) is 0 Å². The van der Waals surface area contributed by atoms with Crippen molar-refractivity contribution in [2.75, 3.05) is 178 Å². The summed E-state index contributed by atoms with van der Waals surface area (Å²) in [6.45, 7) is -0.216. The van der Waals surface area contributed by atoms with Gasteiger partial charge in [-0.25, -0.2) is 0 Å². The molecule has 43 nitrogen and oxygen atoms in total. The van der Waals surface area contributed by atoms with Crippen LogP contribution in [0.2, 0.25) is 0 Å². The number of aliphatic hydroxyl groups excluding tert-OH is 12. The van der Waals surface area contributed by atoms with Gasteiger partial charge in [-0.15, -0.1) is 0 Å². The van der Waals surface area contributed by atoms with Crippen LogP contribution >= 0.6 is 0 Å². The van der Waals surface area contributed by atoms with Crippen LogP contribution in [0.1, 0.15) is 122 Å². The number of nitrogens with one attached hydrogen (secondary N) is 9. The topological polar surface area (TPSA) is 625 Å². The molecule has 0 aromatic rings. The molecule has 0 aliphatic carbocycles. The maximum Gasteiger partial charge on any atom is 0.246 e. The first-order valence-corrected chi connectivity index (χ1v) is 39.6. The molecule has 17 atom stereocenters. The van der Waals surface area contributed by atoms with Gasteiger partial charge in [0.15, 0.2) is 18.9 Å². The normalized spacial score (nSPS) is 23.9. The van der Waals surface area contributed by atoms with Gasteiger partial charge in [0.1, 0.15) is 93.1 Å². The van der Waals surface area contributed by atoms with Crippen molar-refractivity contribution < 1.29 is 166 Å². The largest absolute Gasteiger partial charge is 0.394 e. The van der Waals surface area contributed by atoms with E-state index < -0.39 is 173 Å². The predicted molar refractivity (Wildman–Crippen MR) is 399 cm³/mol. The molecule has 43 heteroatoms. The van der Waals surface area contributed by atoms with E-state index in [1.54, 1.807) is 7.11 Å². The Labute approximate surface area is 669 Å². The molecule has 21 N–H and O–H groups in total. The van der Waals surface area contributed by atoms with Crippen molar-refractivity contribution in [2.45, 2.75) is 226 Å². The summed E-state index contributed by atoms with van der Waals surface area (Å²) in [7, 11) is 1.61. The Morgan fingerprint density at radius 2 is 0.609 bits per heavy atom. The van der Waals surface area contributed by atoms with Crippen LogP contribution in [0.5, 0.6) is 0 Å². The van der Waals surface area contributed by atoms with Gasteiger partial charge in [0.05, 0.1) is 85.8 Å². The Kier molecular flexibility index (Phi) is 57.7. The van der Waals surface area contributed by atoms with Crippen LogP contribution in [0, 0.1) is 0 Å². The smallest absolute Gasteiger partial charge is 0.246 e. The number of carbonyl (C=O) groups excluding carboxylic acids is 9. The van der Waals surface area contributed by atoms with Crippen LogP contribution in [0.4, 0.5) is 0 Å². The Hall–Kier alpha value is -5.77. The standard InChI is InChI=1S/C72H131N9O34/c1-103-25-10-3-2-7-19-73-55(88)38-47(15-17-53(86)77-23-30-105-32-35-107-44-58(91)74-20-8-4-11-26-110-70-67(100)64(97)61(94)49(41-82)113-70)80-56(89)39-48(16-18-54(87)78-24-31-106-33-36-108-45-59(92)75-21-9-5-12-27-111-71-68(101)65(98)62(95)50(42-83)114-71)81-57(90)40-79-60(93)46-109-37-34-104-29-22-76-52(85)14-6-13-28-112-72-69(102)66(99)63(96)51(43-84)115-72/h47-51,61-72,82-84,94-102H,2-46H2,1H3,(H,73,88)(H,74,91)(H,75,92)(H,76,85)(H,77,86)(H,78,87)(H,79,93)(H,80,89)(H,81,90)/t47-,48-,49?,50?,51?,61+,62+,63+,64-,65-,66-,67?,68?,69?,70+,71+,72+/m0/s1. The van der Waals surface area contributed by atoms with Crippen LogP contribution in [0.15, 0.2) is 0 Å². The van der Waals surface area contributed by atoms with Gasteiger partial charge in [-0.05, 0) is 77.0 Å². The summed E-state index contributed by atoms with van der Waals surface area (Å²) in [5.74, 6) is -4.27. The Morgan fingerprint density at radius 1 is 0.296 bits per heavy atom. The minimum absolute atomic E-state index is 0.0177. The van der Waals surface area contributed by atoms with Crippen LogP contribution < -0.4 is 47.9 Å². The quantitative estimate of drug-likeness (QED) is 0.0252. The van der Waals surface area contributed by atoms with Gasteiger partial charge in [0.2, 0.25) is 53.2 Å². The third-order valence-electron chi connectivity index (χ3n) is 18.1. The number of amides is 9. The van der Waals surface area contributed by atoms with Gasteiger partial charge >= 0.3 is 0 Å². The van der Waals surface area contributed by atoms with E-state index in [9.17, 15) is 104 Å². The molecule has 0 radical (unpaired) electrons. The van der Waals surface area contributed by atoms with Crippen LogP contribution in [-0.4, -0.2) is 397 Å². The Bertz CT molecular complexity index is 2650. The lowest BCUT2D eigenvalue weighted by Gasteiger charge is -2.39. The average molecular weight is 1670 g/mol. The average Bonchev–Trinajstić information content (AvgIpc) is 0.832. The molecule has 3 rings (SSSR count). The summed E-state index contributed by atoms with van der Waals surface area (Å²) >= 11 is 0. The second-order valence-corrected chi connectivity index (χ2v) is 27.6. The molecule has 3 aliphatic heterocycles. The molecule has 0 bridgehead atoms. The molecule has 0 spiro atoms. The highest BCUT2D eigenvalue weighted by Crippen LogP contribution is 2.25. The summed E-state index contributed by atoms with van der Waals surface area (Å²) < 4.78 is 70.1. The number of hydrogen-bond acceptors (Lipinski definition) is 34. The third kappa shape index (κ3) is 47.0. The summed E-state index contributed by atoms with van der Waals surface area (Å²) in [6.07, 6.45) is -13.9. The highest BCUT2D eigenvalue weighted by Gasteiger charge is 2.46. The lowest BCUT2D eigenvalue weighted by atomic mass is 9.99. The van der Waals surface area contributed by atoms with Crippen molar-refractivity contribution in [1.29, 1.82) is 0 Å². The van der Waals surface area contributed by atoms with E-state index in [-0.39, 0.29) is 174 Å². The van der Waals surface area contributed by atoms with Gasteiger partial charge < -0.3 is 171 Å². The minimum Gasteiger partial charge on any atom is -0.394 e. The SMILES string of the molecule is COCCCCCCNC(=O)C[C@H](CCC(=O)NCCOCCOCC(=O)NCCCCCO[C@@H]1OC(CO)[C@@H](O)[C@H](O)C1O)NC(=O)C[C@H](CCC(=O)NCCOCCOCC(=O)NCCCCCO[C@@H]1OC(CO)[C@@H](O)[C@H](O)C1O)NC(=O)CNC(=O)COCCOCCNC(=O)CCCCO[C@@H]1OC(CO)[C@@H](O)[C@H](O)C1O. The third-order valence-corrected chi connectivity index (χ3v) is 18.1. The van der Waals surface area contributed by atoms with Crippen molar-refractivity contribution in [3.05, 3.63) is 0 Å². The van der Waals surface area contributed by atoms with E-state index in [1.807, 2.05) is 0 Å². The first-order valence-electron chi connectivity index (χ1n) is 39.6. The van der Waals surface area contributed by atoms with Gasteiger partial charge in [-0.2, -0.15) is 0 Å². The number of aliphatic hydroxyl groups is 12. The number of unbranched alkanes of at least 4 members (excludes halogenated alkanes) is 8. The van der Waals surface area contributed by atoms with Gasteiger partial charge in [0, 0.05) is 117 Å². The molecule has 3 fully saturated rings. The van der Waals surface area contributed by atoms with Crippen molar-refractivity contribution in [2.24, 2.45) is 0 Å². The van der Waals surface area contributed by atoms with E-state index >= 15 is 0 Å². The zero-order chi connectivity index (χ0) is 84.4. The number of ether oxygens (including phenoxy) is 13. The fraction of sp³-hybridized carbons (Fsp3) is 0.875. The van der Waals surface area contributed by atoms with Crippen LogP contribution in [-0.2, 0) is 105 Å². The summed E-state index contributed by atoms with van der Waals surface area (Å²) in [4.78, 5) is 116. The maximum absolute atomic E-state index is 13.9. The minimum atomic E-state index is -1.57. The molecule has 0 saturated carbocycles. The van der Waals surface area contributed by atoms with E-state index in [0.717, 1.165) is 19.3 Å². The van der Waals surface area contributed by atoms with E-state index in [2.05, 4.69) is 47.9 Å². The second-order valence-electron chi connectivity index (χ2n) is 27.6. The number of carbonyl (C=O) groups is 9. The first kappa shape index (κ1) is 103. The predicted octanol–water partition coefficient (Wildman–Crippen LogP) is -8.62. The molecule has 3 aliphatic rings. The fourth-order valence-electron chi connectivity index (χ4n) is 11.5. The summed E-state index contributed by atoms with van der Waals surface area (Å²) in [6, 6.07) is -1.86. The molecule has 3 heterocycles. The number of methoxy groups -OCH3 is 1. The molecule has 3 saturated heterocycles. The number of rotatable bonds is 68. The first-order chi connectivity index (χ1) is 55.4. The van der Waals surface area contributed by atoms with Crippen LogP contribution in [0.3, 0.4) is 0 Å². The lowest BCUT2D eigenvalue weighted by Crippen LogP contribution is -2.59. The van der Waals surface area contributed by atoms with Crippen LogP contribution in [0.25, 0.3) is 0 Å². The van der Waals surface area contributed by atoms with Gasteiger partial charge in [0.25, 0.3) is 0 Å². The zero-order valence-corrected chi connectivity index (χ0v) is 66.0. The molecule has 0 aromatic heterocycles. The Balaban J connectivity index is 1.43. The highest BCUT2D eigenvalue weighted by atomic mass is 16.7. The monoisotopic (exact) mass is 1670 g/mol. The molecular weight excluding hydrogens is 1530 g/mol. The van der Waals surface area contributed by atoms with Crippen molar-refractivity contribution in [3.8, 4) is 0 Å². The summed E-state index contributed by atoms with van der Waals surface area (Å²) in [5, 5.41) is 142. The Morgan fingerprint density at radius 3 is 1.00 bits per heavy atom. The molecule has 668 valence electrons. The van der Waals surface area contributed by atoms with Crippen molar-refractivity contribution in [1.82, 2.24) is 47.9 Å². The van der Waals surface area contributed by atoms with Gasteiger partial charge in [-0.3, -0.25) is 43.2 Å². The maximum atomic E-state index is 13.9. The molecular formula is C72H131N9O34. The van der Waals surface area contributed by atoms with Gasteiger partial charge in [-0.1, -0.05) is 12.8 Å². The summed E-state index contributed by atoms with van der Waals surface area (Å²) in [5.41, 5.74) is 0. The molecule has 6 unspecified atom stereocenters. The fourth-order valence-corrected chi connectivity index (χ4v) is 11.5. The lowest BCUT2D eigenvalue weighted by molar-refractivity contribution is -0.301. The van der Waals surface area contributed by atoms with Crippen molar-refractivity contribution in [3.63, 3.8) is 0 Å². The molecule has 115 heavy (non-hydrogen) atoms. The zero-order valence-electron chi connectivity index (χ0n) is 66.0. The van der Waals surface area contributed by atoms with Crippen molar-refractivity contribution >= 4 is 53.2 Å². The molecule has 9 amide bonds. The number of hydrogen-bond donors (Lipinski definition) is 21.